The van der Waals surface area contributed by atoms with Gasteiger partial charge >= 0.3 is 0 Å². The summed E-state index contributed by atoms with van der Waals surface area (Å²) >= 11 is 0. The molecule has 0 aromatic heterocycles. The van der Waals surface area contributed by atoms with Crippen molar-refractivity contribution in [2.75, 3.05) is 32.6 Å². The first-order valence-corrected chi connectivity index (χ1v) is 8.44. The Morgan fingerprint density at radius 2 is 1.78 bits per heavy atom. The number of nitrogens with one attached hydrogen (secondary N) is 1. The van der Waals surface area contributed by atoms with Crippen LogP contribution in [0.15, 0.2) is 42.5 Å². The van der Waals surface area contributed by atoms with Crippen LogP contribution < -0.4 is 14.8 Å². The van der Waals surface area contributed by atoms with Gasteiger partial charge in [0.2, 0.25) is 11.8 Å². The molecular weight excluding hydrogens is 351 g/mol. The summed E-state index contributed by atoms with van der Waals surface area (Å²) < 4.78 is 23.3. The highest BCUT2D eigenvalue weighted by Crippen LogP contribution is 2.28. The Balaban J connectivity index is 1.98. The zero-order valence-corrected chi connectivity index (χ0v) is 15.6. The van der Waals surface area contributed by atoms with E-state index in [0.29, 0.717) is 30.2 Å². The summed E-state index contributed by atoms with van der Waals surface area (Å²) in [6.07, 6.45) is 0.527. The van der Waals surface area contributed by atoms with E-state index < -0.39 is 0 Å². The topological polar surface area (TPSA) is 67.9 Å². The molecule has 27 heavy (non-hydrogen) atoms. The van der Waals surface area contributed by atoms with Crippen LogP contribution in [0.3, 0.4) is 0 Å². The van der Waals surface area contributed by atoms with E-state index in [1.54, 1.807) is 37.4 Å². The molecule has 0 aliphatic carbocycles. The van der Waals surface area contributed by atoms with Crippen molar-refractivity contribution in [3.05, 3.63) is 53.8 Å². The fraction of sp³-hybridized carbons (Fsp3) is 0.300. The highest BCUT2D eigenvalue weighted by Gasteiger charge is 2.15. The quantitative estimate of drug-likeness (QED) is 0.772. The molecular formula is C20H23FN2O4. The molecule has 0 unspecified atom stereocenters. The van der Waals surface area contributed by atoms with Gasteiger partial charge in [-0.3, -0.25) is 9.59 Å². The minimum Gasteiger partial charge on any atom is -0.497 e. The van der Waals surface area contributed by atoms with Crippen LogP contribution >= 0.6 is 0 Å². The molecule has 2 aromatic rings. The maximum atomic E-state index is 13.0. The van der Waals surface area contributed by atoms with Gasteiger partial charge in [0.15, 0.2) is 0 Å². The van der Waals surface area contributed by atoms with Gasteiger partial charge in [-0.1, -0.05) is 12.1 Å². The summed E-state index contributed by atoms with van der Waals surface area (Å²) in [5.41, 5.74) is 1.38. The molecule has 0 saturated heterocycles. The average molecular weight is 374 g/mol. The smallest absolute Gasteiger partial charge is 0.244 e. The fourth-order valence-corrected chi connectivity index (χ4v) is 2.53. The van der Waals surface area contributed by atoms with Crippen LogP contribution in [-0.2, 0) is 16.0 Å². The fourth-order valence-electron chi connectivity index (χ4n) is 2.53. The second-order valence-corrected chi connectivity index (χ2v) is 5.93. The van der Waals surface area contributed by atoms with E-state index >= 15 is 0 Å². The van der Waals surface area contributed by atoms with Gasteiger partial charge in [-0.2, -0.15) is 0 Å². The molecule has 0 aliphatic rings. The molecule has 0 heterocycles. The van der Waals surface area contributed by atoms with Crippen molar-refractivity contribution in [1.82, 2.24) is 4.90 Å². The predicted molar refractivity (Wildman–Crippen MR) is 101 cm³/mol. The van der Waals surface area contributed by atoms with Crippen molar-refractivity contribution in [2.24, 2.45) is 0 Å². The molecule has 7 heteroatoms. The number of hydrogen-bond acceptors (Lipinski definition) is 4. The summed E-state index contributed by atoms with van der Waals surface area (Å²) in [7, 11) is 3.04. The molecule has 0 radical (unpaired) electrons. The van der Waals surface area contributed by atoms with Crippen molar-refractivity contribution in [3.63, 3.8) is 0 Å². The standard InChI is InChI=1S/C20H23FN2O4/c1-14(24)23(11-10-15-4-6-16(21)7-5-15)13-20(25)22-18-9-8-17(26-2)12-19(18)27-3/h4-9,12H,10-11,13H2,1-3H3,(H,22,25). The second-order valence-electron chi connectivity index (χ2n) is 5.93. The van der Waals surface area contributed by atoms with E-state index in [1.165, 1.54) is 31.1 Å². The SMILES string of the molecule is COc1ccc(NC(=O)CN(CCc2ccc(F)cc2)C(C)=O)c(OC)c1. The van der Waals surface area contributed by atoms with Gasteiger partial charge in [0.05, 0.1) is 26.5 Å². The lowest BCUT2D eigenvalue weighted by Gasteiger charge is -2.21. The molecule has 0 aliphatic heterocycles. The predicted octanol–water partition coefficient (Wildman–Crippen LogP) is 2.87. The van der Waals surface area contributed by atoms with Crippen LogP contribution in [0.1, 0.15) is 12.5 Å². The Morgan fingerprint density at radius 3 is 2.37 bits per heavy atom. The number of rotatable bonds is 8. The summed E-state index contributed by atoms with van der Waals surface area (Å²) in [6.45, 7) is 1.67. The first-order valence-electron chi connectivity index (χ1n) is 8.44. The first kappa shape index (κ1) is 20.2. The van der Waals surface area contributed by atoms with E-state index in [1.807, 2.05) is 0 Å². The molecule has 1 N–H and O–H groups in total. The van der Waals surface area contributed by atoms with Crippen LogP contribution in [0.5, 0.6) is 11.5 Å². The zero-order valence-electron chi connectivity index (χ0n) is 15.6. The Bertz CT molecular complexity index is 793. The highest BCUT2D eigenvalue weighted by atomic mass is 19.1. The third-order valence-corrected chi connectivity index (χ3v) is 4.05. The highest BCUT2D eigenvalue weighted by molar-refractivity contribution is 5.95. The normalized spacial score (nSPS) is 10.2. The number of hydrogen-bond donors (Lipinski definition) is 1. The zero-order chi connectivity index (χ0) is 19.8. The van der Waals surface area contributed by atoms with Crippen molar-refractivity contribution in [3.8, 4) is 11.5 Å². The number of carbonyl (C=O) groups excluding carboxylic acids is 2. The van der Waals surface area contributed by atoms with E-state index in [0.717, 1.165) is 5.56 Å². The number of anilines is 1. The Hall–Kier alpha value is -3.09. The Morgan fingerprint density at radius 1 is 1.07 bits per heavy atom. The van der Waals surface area contributed by atoms with Crippen molar-refractivity contribution in [1.29, 1.82) is 0 Å². The number of nitrogens with zero attached hydrogens (tertiary/aromatic N) is 1. The molecule has 6 nitrogen and oxygen atoms in total. The number of benzene rings is 2. The number of halogens is 1. The van der Waals surface area contributed by atoms with Gasteiger partial charge in [-0.05, 0) is 36.2 Å². The molecule has 0 fully saturated rings. The maximum absolute atomic E-state index is 13.0. The molecule has 2 amide bonds. The minimum atomic E-state index is -0.340. The van der Waals surface area contributed by atoms with E-state index in [9.17, 15) is 14.0 Å². The molecule has 2 rings (SSSR count). The number of carbonyl (C=O) groups is 2. The van der Waals surface area contributed by atoms with Crippen LogP contribution in [0.2, 0.25) is 0 Å². The first-order chi connectivity index (χ1) is 12.9. The number of methoxy groups -OCH3 is 2. The monoisotopic (exact) mass is 374 g/mol. The number of amides is 2. The van der Waals surface area contributed by atoms with E-state index in [2.05, 4.69) is 5.32 Å². The van der Waals surface area contributed by atoms with Crippen LogP contribution in [0.4, 0.5) is 10.1 Å². The van der Waals surface area contributed by atoms with E-state index in [-0.39, 0.29) is 24.2 Å². The van der Waals surface area contributed by atoms with Gasteiger partial charge < -0.3 is 19.7 Å². The van der Waals surface area contributed by atoms with Crippen molar-refractivity contribution in [2.45, 2.75) is 13.3 Å². The molecule has 0 spiro atoms. The lowest BCUT2D eigenvalue weighted by molar-refractivity contribution is -0.132. The third kappa shape index (κ3) is 5.99. The average Bonchev–Trinajstić information content (AvgIpc) is 2.66. The van der Waals surface area contributed by atoms with Crippen LogP contribution in [0, 0.1) is 5.82 Å². The lowest BCUT2D eigenvalue weighted by Crippen LogP contribution is -2.38. The summed E-state index contributed by atoms with van der Waals surface area (Å²) in [4.78, 5) is 25.7. The van der Waals surface area contributed by atoms with Gasteiger partial charge in [-0.15, -0.1) is 0 Å². The largest absolute Gasteiger partial charge is 0.497 e. The summed E-state index contributed by atoms with van der Waals surface area (Å²) in [6, 6.07) is 11.1. The maximum Gasteiger partial charge on any atom is 0.244 e. The van der Waals surface area contributed by atoms with Gasteiger partial charge in [0.1, 0.15) is 17.3 Å². The summed E-state index contributed by atoms with van der Waals surface area (Å²) in [5, 5.41) is 2.74. The van der Waals surface area contributed by atoms with Gasteiger partial charge in [0, 0.05) is 19.5 Å². The molecule has 0 bridgehead atoms. The van der Waals surface area contributed by atoms with Gasteiger partial charge in [0.25, 0.3) is 0 Å². The van der Waals surface area contributed by atoms with E-state index in [4.69, 9.17) is 9.47 Å². The lowest BCUT2D eigenvalue weighted by atomic mass is 10.1. The second kappa shape index (κ2) is 9.56. The number of ether oxygens (including phenoxy) is 2. The van der Waals surface area contributed by atoms with Crippen LogP contribution in [-0.4, -0.2) is 44.0 Å². The van der Waals surface area contributed by atoms with Gasteiger partial charge in [-0.25, -0.2) is 4.39 Å². The molecule has 144 valence electrons. The Labute approximate surface area is 157 Å². The third-order valence-electron chi connectivity index (χ3n) is 4.05. The summed E-state index contributed by atoms with van der Waals surface area (Å²) in [5.74, 6) is 0.203. The Kier molecular flexibility index (Phi) is 7.16. The molecule has 0 atom stereocenters. The van der Waals surface area contributed by atoms with Crippen LogP contribution in [0.25, 0.3) is 0 Å². The molecule has 2 aromatic carbocycles. The van der Waals surface area contributed by atoms with Crippen molar-refractivity contribution < 1.29 is 23.5 Å². The minimum absolute atomic E-state index is 0.0916. The molecule has 0 saturated carbocycles. The van der Waals surface area contributed by atoms with Crippen molar-refractivity contribution >= 4 is 17.5 Å².